The molecule has 0 atom stereocenters. The van der Waals surface area contributed by atoms with Gasteiger partial charge < -0.3 is 9.15 Å². The van der Waals surface area contributed by atoms with Crippen molar-refractivity contribution in [1.29, 1.82) is 0 Å². The Bertz CT molecular complexity index is 646. The van der Waals surface area contributed by atoms with Crippen molar-refractivity contribution in [3.63, 3.8) is 0 Å². The topological polar surface area (TPSA) is 70.2 Å². The maximum atomic E-state index is 12.7. The first-order valence-electron chi connectivity index (χ1n) is 5.55. The molecular formula is C12H11F2N3O3. The summed E-state index contributed by atoms with van der Waals surface area (Å²) in [4.78, 5) is 15.0. The molecule has 0 saturated heterocycles. The fourth-order valence-electron chi connectivity index (χ4n) is 1.55. The van der Waals surface area contributed by atoms with Crippen molar-refractivity contribution in [3.8, 4) is 0 Å². The summed E-state index contributed by atoms with van der Waals surface area (Å²) in [6.45, 7) is 0. The number of alkyl halides is 2. The Labute approximate surface area is 112 Å². The Morgan fingerprint density at radius 1 is 1.50 bits per heavy atom. The number of methoxy groups -OCH3 is 1. The molecule has 0 radical (unpaired) electrons. The van der Waals surface area contributed by atoms with E-state index in [2.05, 4.69) is 14.8 Å². The van der Waals surface area contributed by atoms with Crippen molar-refractivity contribution in [1.82, 2.24) is 14.8 Å². The second kappa shape index (κ2) is 5.64. The molecule has 0 unspecified atom stereocenters. The zero-order valence-electron chi connectivity index (χ0n) is 10.7. The molecule has 0 fully saturated rings. The number of aromatic nitrogens is 3. The third-order valence-corrected chi connectivity index (χ3v) is 2.42. The van der Waals surface area contributed by atoms with Gasteiger partial charge in [0.25, 0.3) is 6.43 Å². The first-order chi connectivity index (χ1) is 9.51. The number of esters is 1. The number of rotatable bonds is 4. The van der Waals surface area contributed by atoms with Crippen molar-refractivity contribution >= 4 is 18.1 Å². The summed E-state index contributed by atoms with van der Waals surface area (Å²) in [6.07, 6.45) is 2.66. The van der Waals surface area contributed by atoms with E-state index in [4.69, 9.17) is 4.42 Å². The van der Waals surface area contributed by atoms with E-state index >= 15 is 0 Å². The van der Waals surface area contributed by atoms with Gasteiger partial charge in [-0.2, -0.15) is 5.10 Å². The summed E-state index contributed by atoms with van der Waals surface area (Å²) in [7, 11) is 2.76. The molecular weight excluding hydrogens is 272 g/mol. The van der Waals surface area contributed by atoms with Gasteiger partial charge in [0, 0.05) is 24.9 Å². The lowest BCUT2D eigenvalue weighted by molar-refractivity contribution is 0.0594. The molecule has 106 valence electrons. The Hall–Kier alpha value is -2.51. The molecule has 0 spiro atoms. The number of hydrogen-bond acceptors (Lipinski definition) is 5. The van der Waals surface area contributed by atoms with Crippen molar-refractivity contribution in [2.24, 2.45) is 7.05 Å². The Morgan fingerprint density at radius 3 is 2.90 bits per heavy atom. The number of carbonyl (C=O) groups excluding carboxylic acids is 1. The van der Waals surface area contributed by atoms with Crippen molar-refractivity contribution in [2.45, 2.75) is 6.43 Å². The van der Waals surface area contributed by atoms with E-state index in [1.54, 1.807) is 7.05 Å². The number of nitrogens with zero attached hydrogens (tertiary/aromatic N) is 3. The Balaban J connectivity index is 2.21. The monoisotopic (exact) mass is 283 g/mol. The molecule has 0 N–H and O–H groups in total. The molecule has 6 nitrogen and oxygen atoms in total. The zero-order chi connectivity index (χ0) is 14.7. The fourth-order valence-corrected chi connectivity index (χ4v) is 1.55. The van der Waals surface area contributed by atoms with Gasteiger partial charge in [-0.25, -0.2) is 18.6 Å². The lowest BCUT2D eigenvalue weighted by atomic mass is 10.2. The molecule has 2 rings (SSSR count). The number of ether oxygens (including phenoxy) is 1. The SMILES string of the molecule is COC(=O)c1coc(/C=C/c2cn(C)nc2C(F)F)n1. The first-order valence-corrected chi connectivity index (χ1v) is 5.55. The van der Waals surface area contributed by atoms with Gasteiger partial charge in [0.1, 0.15) is 12.0 Å². The average Bonchev–Trinajstić information content (AvgIpc) is 3.01. The molecule has 0 aliphatic carbocycles. The molecule has 2 heterocycles. The molecule has 20 heavy (non-hydrogen) atoms. The number of carbonyl (C=O) groups is 1. The molecule has 2 aromatic rings. The van der Waals surface area contributed by atoms with Gasteiger partial charge in [-0.05, 0) is 6.08 Å². The van der Waals surface area contributed by atoms with E-state index in [9.17, 15) is 13.6 Å². The predicted molar refractivity (Wildman–Crippen MR) is 64.9 cm³/mol. The third kappa shape index (κ3) is 2.90. The van der Waals surface area contributed by atoms with E-state index in [-0.39, 0.29) is 22.8 Å². The summed E-state index contributed by atoms with van der Waals surface area (Å²) in [5.41, 5.74) is -0.0729. The molecule has 0 aromatic carbocycles. The van der Waals surface area contributed by atoms with Gasteiger partial charge in [0.2, 0.25) is 5.89 Å². The van der Waals surface area contributed by atoms with E-state index in [1.165, 1.54) is 30.1 Å². The van der Waals surface area contributed by atoms with E-state index in [0.29, 0.717) is 0 Å². The van der Waals surface area contributed by atoms with Crippen LogP contribution in [0.15, 0.2) is 16.9 Å². The van der Waals surface area contributed by atoms with Gasteiger partial charge in [-0.1, -0.05) is 0 Å². The van der Waals surface area contributed by atoms with E-state index in [1.807, 2.05) is 0 Å². The van der Waals surface area contributed by atoms with Crippen LogP contribution in [0.5, 0.6) is 0 Å². The molecule has 0 amide bonds. The highest BCUT2D eigenvalue weighted by Gasteiger charge is 2.16. The van der Waals surface area contributed by atoms with Crippen molar-refractivity contribution < 1.29 is 22.7 Å². The van der Waals surface area contributed by atoms with E-state index in [0.717, 1.165) is 6.26 Å². The molecule has 0 aliphatic heterocycles. The van der Waals surface area contributed by atoms with E-state index < -0.39 is 12.4 Å². The highest BCUT2D eigenvalue weighted by molar-refractivity contribution is 5.87. The highest BCUT2D eigenvalue weighted by atomic mass is 19.3. The summed E-state index contributed by atoms with van der Waals surface area (Å²) in [6, 6.07) is 0. The number of aryl methyl sites for hydroxylation is 1. The van der Waals surface area contributed by atoms with Crippen molar-refractivity contribution in [2.75, 3.05) is 7.11 Å². The van der Waals surface area contributed by atoms with Crippen LogP contribution in [0.4, 0.5) is 8.78 Å². The van der Waals surface area contributed by atoms with Crippen LogP contribution in [0, 0.1) is 0 Å². The van der Waals surface area contributed by atoms with Crippen LogP contribution in [0.25, 0.3) is 12.2 Å². The molecule has 0 aliphatic rings. The van der Waals surface area contributed by atoms with Gasteiger partial charge in [-0.15, -0.1) is 0 Å². The second-order valence-electron chi connectivity index (χ2n) is 3.84. The van der Waals surface area contributed by atoms with Crippen LogP contribution in [0.1, 0.15) is 34.1 Å². The average molecular weight is 283 g/mol. The maximum absolute atomic E-state index is 12.7. The van der Waals surface area contributed by atoms with Gasteiger partial charge in [0.15, 0.2) is 5.69 Å². The van der Waals surface area contributed by atoms with Gasteiger partial charge >= 0.3 is 5.97 Å². The minimum Gasteiger partial charge on any atom is -0.464 e. The van der Waals surface area contributed by atoms with Crippen LogP contribution in [-0.2, 0) is 11.8 Å². The zero-order valence-corrected chi connectivity index (χ0v) is 10.7. The molecule has 8 heteroatoms. The van der Waals surface area contributed by atoms with Crippen LogP contribution >= 0.6 is 0 Å². The van der Waals surface area contributed by atoms with Gasteiger partial charge in [0.05, 0.1) is 7.11 Å². The number of oxazole rings is 1. The minimum absolute atomic E-state index is 0.00687. The van der Waals surface area contributed by atoms with Crippen LogP contribution in [0.3, 0.4) is 0 Å². The third-order valence-electron chi connectivity index (χ3n) is 2.42. The summed E-state index contributed by atoms with van der Waals surface area (Å²) < 4.78 is 36.2. The lowest BCUT2D eigenvalue weighted by Crippen LogP contribution is -2.00. The summed E-state index contributed by atoms with van der Waals surface area (Å²) in [5, 5.41) is 3.66. The molecule has 2 aromatic heterocycles. The highest BCUT2D eigenvalue weighted by Crippen LogP contribution is 2.22. The van der Waals surface area contributed by atoms with Crippen molar-refractivity contribution in [3.05, 3.63) is 35.3 Å². The second-order valence-corrected chi connectivity index (χ2v) is 3.84. The Kier molecular flexibility index (Phi) is 3.92. The lowest BCUT2D eigenvalue weighted by Gasteiger charge is -1.93. The summed E-state index contributed by atoms with van der Waals surface area (Å²) in [5.74, 6) is -0.530. The number of halogens is 2. The number of hydrogen-bond donors (Lipinski definition) is 0. The fraction of sp³-hybridized carbons (Fsp3) is 0.250. The van der Waals surface area contributed by atoms with Crippen LogP contribution < -0.4 is 0 Å². The smallest absolute Gasteiger partial charge is 0.360 e. The van der Waals surface area contributed by atoms with Gasteiger partial charge in [-0.3, -0.25) is 4.68 Å². The predicted octanol–water partition coefficient (Wildman–Crippen LogP) is 2.30. The normalized spacial score (nSPS) is 11.4. The largest absolute Gasteiger partial charge is 0.464 e. The van der Waals surface area contributed by atoms with Crippen LogP contribution in [0.2, 0.25) is 0 Å². The Morgan fingerprint density at radius 2 is 2.25 bits per heavy atom. The summed E-state index contributed by atoms with van der Waals surface area (Å²) >= 11 is 0. The van der Waals surface area contributed by atoms with Crippen LogP contribution in [-0.4, -0.2) is 27.8 Å². The standard InChI is InChI=1S/C12H11F2N3O3/c1-17-5-7(10(16-17)11(13)14)3-4-9-15-8(6-20-9)12(18)19-2/h3-6,11H,1-2H3/b4-3+. The quantitative estimate of drug-likeness (QED) is 0.805. The molecule has 0 bridgehead atoms. The first kappa shape index (κ1) is 13.9. The molecule has 0 saturated carbocycles. The maximum Gasteiger partial charge on any atom is 0.360 e. The minimum atomic E-state index is -2.67.